The van der Waals surface area contributed by atoms with E-state index in [1.54, 1.807) is 16.8 Å². The Morgan fingerprint density at radius 3 is 2.92 bits per heavy atom. The highest BCUT2D eigenvalue weighted by atomic mass is 16.4. The Kier molecular flexibility index (Phi) is 4.21. The van der Waals surface area contributed by atoms with Gasteiger partial charge in [0.25, 0.3) is 0 Å². The van der Waals surface area contributed by atoms with Crippen LogP contribution in [0, 0.1) is 5.92 Å². The number of hydrogen-bond donors (Lipinski definition) is 2. The van der Waals surface area contributed by atoms with Gasteiger partial charge in [0, 0.05) is 13.1 Å². The number of fused-ring (bicyclic) bond motifs is 2. The summed E-state index contributed by atoms with van der Waals surface area (Å²) in [7, 11) is 1.77. The van der Waals surface area contributed by atoms with Crippen molar-refractivity contribution in [1.82, 2.24) is 24.8 Å². The van der Waals surface area contributed by atoms with E-state index in [0.717, 1.165) is 25.7 Å². The summed E-state index contributed by atoms with van der Waals surface area (Å²) in [5, 5.41) is 9.60. The molecule has 3 heterocycles. The minimum absolute atomic E-state index is 0.0447. The van der Waals surface area contributed by atoms with Gasteiger partial charge in [0.05, 0.1) is 12.9 Å². The zero-order chi connectivity index (χ0) is 18.3. The van der Waals surface area contributed by atoms with Crippen LogP contribution in [0.1, 0.15) is 32.1 Å². The lowest BCUT2D eigenvalue weighted by Crippen LogP contribution is -2.49. The lowest BCUT2D eigenvalue weighted by atomic mass is 9.85. The summed E-state index contributed by atoms with van der Waals surface area (Å²) in [6.07, 6.45) is 7.57. The summed E-state index contributed by atoms with van der Waals surface area (Å²) in [4.78, 5) is 43.5. The highest BCUT2D eigenvalue weighted by Crippen LogP contribution is 2.40. The number of nitrogens with one attached hydrogen (secondary N) is 1. The molecule has 9 nitrogen and oxygen atoms in total. The molecule has 1 aliphatic heterocycles. The molecule has 1 saturated carbocycles. The number of carboxylic acids is 1. The molecular weight excluding hydrogens is 336 g/mol. The van der Waals surface area contributed by atoms with Crippen LogP contribution in [0.4, 0.5) is 5.82 Å². The third-order valence-corrected chi connectivity index (χ3v) is 5.60. The predicted octanol–water partition coefficient (Wildman–Crippen LogP) is 1.03. The van der Waals surface area contributed by atoms with E-state index in [9.17, 15) is 14.7 Å². The number of aliphatic carboxylic acids is 1. The molecule has 0 bridgehead atoms. The fourth-order valence-electron chi connectivity index (χ4n) is 4.44. The number of likely N-dealkylation sites (N-methyl/N-ethyl adjacent to an activating group) is 1. The molecule has 4 rings (SSSR count). The molecule has 0 spiro atoms. The molecule has 138 valence electrons. The van der Waals surface area contributed by atoms with Crippen LogP contribution in [0.3, 0.4) is 0 Å². The second-order valence-corrected chi connectivity index (χ2v) is 7.16. The van der Waals surface area contributed by atoms with Crippen molar-refractivity contribution < 1.29 is 14.7 Å². The van der Waals surface area contributed by atoms with Gasteiger partial charge in [0.2, 0.25) is 5.91 Å². The van der Waals surface area contributed by atoms with E-state index >= 15 is 0 Å². The average molecular weight is 358 g/mol. The summed E-state index contributed by atoms with van der Waals surface area (Å²) in [6.45, 7) is 0.0676. The zero-order valence-corrected chi connectivity index (χ0v) is 14.6. The smallest absolute Gasteiger partial charge is 0.326 e. The molecule has 3 unspecified atom stereocenters. The van der Waals surface area contributed by atoms with Gasteiger partial charge < -0.3 is 19.9 Å². The van der Waals surface area contributed by atoms with Crippen molar-refractivity contribution in [2.45, 2.75) is 44.2 Å². The number of nitrogens with zero attached hydrogens (tertiary/aromatic N) is 5. The summed E-state index contributed by atoms with van der Waals surface area (Å²) in [5.74, 6) is -0.196. The Balaban J connectivity index is 1.56. The third kappa shape index (κ3) is 2.77. The number of aromatic nitrogens is 4. The second-order valence-electron chi connectivity index (χ2n) is 7.16. The highest BCUT2D eigenvalue weighted by molar-refractivity contribution is 5.90. The average Bonchev–Trinajstić information content (AvgIpc) is 3.25. The Labute approximate surface area is 150 Å². The molecule has 1 aliphatic carbocycles. The van der Waals surface area contributed by atoms with Crippen LogP contribution in [0.2, 0.25) is 0 Å². The van der Waals surface area contributed by atoms with E-state index in [4.69, 9.17) is 0 Å². The maximum absolute atomic E-state index is 13.0. The van der Waals surface area contributed by atoms with Gasteiger partial charge in [-0.25, -0.2) is 19.7 Å². The van der Waals surface area contributed by atoms with E-state index in [-0.39, 0.29) is 18.5 Å². The zero-order valence-electron chi connectivity index (χ0n) is 14.6. The van der Waals surface area contributed by atoms with Gasteiger partial charge in [0.15, 0.2) is 11.5 Å². The van der Waals surface area contributed by atoms with Crippen molar-refractivity contribution in [3.05, 3.63) is 12.7 Å². The maximum atomic E-state index is 13.0. The molecule has 0 radical (unpaired) electrons. The molecule has 26 heavy (non-hydrogen) atoms. The lowest BCUT2D eigenvalue weighted by Gasteiger charge is -2.34. The first-order valence-corrected chi connectivity index (χ1v) is 8.95. The van der Waals surface area contributed by atoms with Gasteiger partial charge >= 0.3 is 5.97 Å². The lowest BCUT2D eigenvalue weighted by molar-refractivity contribution is -0.149. The van der Waals surface area contributed by atoms with Crippen molar-refractivity contribution >= 4 is 28.9 Å². The molecular formula is C17H22N6O3. The topological polar surface area (TPSA) is 115 Å². The number of H-pyrrole nitrogens is 1. The number of imidazole rings is 1. The SMILES string of the molecule is CN(CC(=O)N1C(C(=O)O)CC2CCCCC21)c1ncnc2nc[nH]c12. The van der Waals surface area contributed by atoms with Gasteiger partial charge in [-0.2, -0.15) is 0 Å². The van der Waals surface area contributed by atoms with Crippen LogP contribution >= 0.6 is 0 Å². The van der Waals surface area contributed by atoms with Gasteiger partial charge in [-0.15, -0.1) is 0 Å². The normalized spacial score (nSPS) is 25.3. The summed E-state index contributed by atoms with van der Waals surface area (Å²) in [5.41, 5.74) is 1.20. The van der Waals surface area contributed by atoms with E-state index < -0.39 is 12.0 Å². The molecule has 2 aromatic heterocycles. The number of carbonyl (C=O) groups is 2. The largest absolute Gasteiger partial charge is 0.480 e. The number of hydrogen-bond acceptors (Lipinski definition) is 6. The van der Waals surface area contributed by atoms with Gasteiger partial charge in [0.1, 0.15) is 17.9 Å². The van der Waals surface area contributed by atoms with E-state index in [2.05, 4.69) is 19.9 Å². The van der Waals surface area contributed by atoms with Crippen molar-refractivity contribution in [3.63, 3.8) is 0 Å². The second kappa shape index (κ2) is 6.54. The van der Waals surface area contributed by atoms with Crippen LogP contribution in [-0.2, 0) is 9.59 Å². The first-order valence-electron chi connectivity index (χ1n) is 8.95. The molecule has 3 atom stereocenters. The summed E-state index contributed by atoms with van der Waals surface area (Å²) < 4.78 is 0. The van der Waals surface area contributed by atoms with Crippen molar-refractivity contribution in [2.24, 2.45) is 5.92 Å². The van der Waals surface area contributed by atoms with Gasteiger partial charge in [-0.05, 0) is 25.2 Å². The van der Waals surface area contributed by atoms with Crippen LogP contribution in [0.15, 0.2) is 12.7 Å². The minimum atomic E-state index is -0.909. The predicted molar refractivity (Wildman–Crippen MR) is 93.6 cm³/mol. The fourth-order valence-corrected chi connectivity index (χ4v) is 4.44. The minimum Gasteiger partial charge on any atom is -0.480 e. The van der Waals surface area contributed by atoms with E-state index in [0.29, 0.717) is 29.3 Å². The maximum Gasteiger partial charge on any atom is 0.326 e. The van der Waals surface area contributed by atoms with Gasteiger partial charge in [-0.1, -0.05) is 12.8 Å². The van der Waals surface area contributed by atoms with Crippen LogP contribution in [0.25, 0.3) is 11.2 Å². The number of aromatic amines is 1. The molecule has 9 heteroatoms. The number of anilines is 1. The van der Waals surface area contributed by atoms with Crippen molar-refractivity contribution in [2.75, 3.05) is 18.5 Å². The van der Waals surface area contributed by atoms with Gasteiger partial charge in [-0.3, -0.25) is 4.79 Å². The van der Waals surface area contributed by atoms with Crippen LogP contribution in [0.5, 0.6) is 0 Å². The molecule has 2 N–H and O–H groups in total. The molecule has 2 aliphatic rings. The molecule has 0 aromatic carbocycles. The summed E-state index contributed by atoms with van der Waals surface area (Å²) >= 11 is 0. The first-order chi connectivity index (χ1) is 12.6. The number of amides is 1. The Morgan fingerprint density at radius 1 is 1.31 bits per heavy atom. The standard InChI is InChI=1S/C17H22N6O3/c1-22(16-14-15(19-8-18-14)20-9-21-16)7-13(24)23-11-5-3-2-4-10(11)6-12(23)17(25)26/h8-12H,2-7H2,1H3,(H,25,26)(H,18,19,20,21). The number of likely N-dealkylation sites (tertiary alicyclic amines) is 1. The Hall–Kier alpha value is -2.71. The fraction of sp³-hybridized carbons (Fsp3) is 0.588. The molecule has 2 aromatic rings. The molecule has 1 amide bonds. The van der Waals surface area contributed by atoms with Crippen LogP contribution < -0.4 is 4.90 Å². The third-order valence-electron chi connectivity index (χ3n) is 5.60. The molecule has 1 saturated heterocycles. The first kappa shape index (κ1) is 16.7. The number of rotatable bonds is 4. The number of carbonyl (C=O) groups excluding carboxylic acids is 1. The molecule has 2 fully saturated rings. The Bertz CT molecular complexity index is 837. The quantitative estimate of drug-likeness (QED) is 0.839. The van der Waals surface area contributed by atoms with Crippen LogP contribution in [-0.4, -0.2) is 67.5 Å². The van der Waals surface area contributed by atoms with Crippen molar-refractivity contribution in [1.29, 1.82) is 0 Å². The van der Waals surface area contributed by atoms with E-state index in [1.165, 1.54) is 12.7 Å². The number of carboxylic acid groups (broad SMARTS) is 1. The van der Waals surface area contributed by atoms with Crippen molar-refractivity contribution in [3.8, 4) is 0 Å². The monoisotopic (exact) mass is 358 g/mol. The van der Waals surface area contributed by atoms with E-state index in [1.807, 2.05) is 0 Å². The Morgan fingerprint density at radius 2 is 2.12 bits per heavy atom. The summed E-state index contributed by atoms with van der Waals surface area (Å²) in [6, 6.07) is -0.676. The highest BCUT2D eigenvalue weighted by Gasteiger charge is 2.47.